The molecule has 1 aliphatic heterocycles. The summed E-state index contributed by atoms with van der Waals surface area (Å²) in [6, 6.07) is 13.4. The quantitative estimate of drug-likeness (QED) is 0.544. The van der Waals surface area contributed by atoms with Gasteiger partial charge in [-0.2, -0.15) is 0 Å². The van der Waals surface area contributed by atoms with Crippen LogP contribution in [0.4, 0.5) is 10.8 Å². The number of fused-ring (bicyclic) bond motifs is 1. The molecule has 1 aromatic heterocycles. The lowest BCUT2D eigenvalue weighted by molar-refractivity contribution is -0.121. The third-order valence-electron chi connectivity index (χ3n) is 5.10. The van der Waals surface area contributed by atoms with Crippen molar-refractivity contribution >= 4 is 34.0 Å². The van der Waals surface area contributed by atoms with E-state index in [0.29, 0.717) is 23.2 Å². The van der Waals surface area contributed by atoms with Crippen LogP contribution in [0.3, 0.4) is 0 Å². The van der Waals surface area contributed by atoms with Crippen molar-refractivity contribution in [2.45, 2.75) is 26.7 Å². The van der Waals surface area contributed by atoms with Crippen molar-refractivity contribution in [1.82, 2.24) is 4.98 Å². The van der Waals surface area contributed by atoms with Crippen LogP contribution in [0.1, 0.15) is 25.8 Å². The topological polar surface area (TPSA) is 80.8 Å². The number of nitrogens with zero attached hydrogens (tertiary/aromatic N) is 2. The molecule has 4 rings (SSSR count). The number of benzene rings is 2. The van der Waals surface area contributed by atoms with Gasteiger partial charge in [-0.3, -0.25) is 14.9 Å². The number of amides is 2. The molecule has 2 heterocycles. The first kappa shape index (κ1) is 21.8. The Bertz CT molecular complexity index is 1110. The van der Waals surface area contributed by atoms with E-state index in [1.165, 1.54) is 16.9 Å². The highest BCUT2D eigenvalue weighted by atomic mass is 32.1. The molecule has 2 aromatic carbocycles. The maximum Gasteiger partial charge on any atom is 0.265 e. The second kappa shape index (κ2) is 9.82. The van der Waals surface area contributed by atoms with Crippen LogP contribution in [-0.2, 0) is 16.0 Å². The Morgan fingerprint density at radius 2 is 2.03 bits per heavy atom. The van der Waals surface area contributed by atoms with Crippen molar-refractivity contribution in [2.75, 3.05) is 30.0 Å². The fourth-order valence-corrected chi connectivity index (χ4v) is 4.16. The first-order valence-electron chi connectivity index (χ1n) is 10.6. The van der Waals surface area contributed by atoms with E-state index < -0.39 is 0 Å². The van der Waals surface area contributed by atoms with Crippen molar-refractivity contribution in [1.29, 1.82) is 0 Å². The van der Waals surface area contributed by atoms with E-state index in [2.05, 4.69) is 17.2 Å². The lowest BCUT2D eigenvalue weighted by Gasteiger charge is -2.29. The number of hydrogen-bond donors (Lipinski definition) is 1. The summed E-state index contributed by atoms with van der Waals surface area (Å²) in [6.07, 6.45) is 1.81. The molecule has 7 nitrogen and oxygen atoms in total. The highest BCUT2D eigenvalue weighted by Crippen LogP contribution is 2.36. The van der Waals surface area contributed by atoms with Gasteiger partial charge in [-0.15, -0.1) is 11.3 Å². The van der Waals surface area contributed by atoms with Gasteiger partial charge in [-0.25, -0.2) is 4.98 Å². The second-order valence-electron chi connectivity index (χ2n) is 7.39. The number of aromatic nitrogens is 1. The van der Waals surface area contributed by atoms with Gasteiger partial charge in [0.05, 0.1) is 11.4 Å². The number of carbonyl (C=O) groups is 2. The Morgan fingerprint density at radius 3 is 2.78 bits per heavy atom. The molecule has 0 radical (unpaired) electrons. The summed E-state index contributed by atoms with van der Waals surface area (Å²) in [5, 5.41) is 5.14. The van der Waals surface area contributed by atoms with Crippen LogP contribution in [0.15, 0.2) is 47.8 Å². The number of ether oxygens (including phenoxy) is 2. The van der Waals surface area contributed by atoms with Crippen LogP contribution in [0.2, 0.25) is 0 Å². The first-order chi connectivity index (χ1) is 15.6. The van der Waals surface area contributed by atoms with Crippen molar-refractivity contribution in [3.8, 4) is 22.8 Å². The van der Waals surface area contributed by atoms with Crippen LogP contribution in [-0.4, -0.2) is 36.6 Å². The Balaban J connectivity index is 1.41. The zero-order valence-electron chi connectivity index (χ0n) is 18.1. The largest absolute Gasteiger partial charge is 0.484 e. The summed E-state index contributed by atoms with van der Waals surface area (Å²) in [5.41, 5.74) is 3.54. The maximum absolute atomic E-state index is 12.3. The van der Waals surface area contributed by atoms with Gasteiger partial charge in [0.2, 0.25) is 0 Å². The summed E-state index contributed by atoms with van der Waals surface area (Å²) < 4.78 is 11.1. The van der Waals surface area contributed by atoms with Gasteiger partial charge in [0, 0.05) is 17.5 Å². The monoisotopic (exact) mass is 451 g/mol. The van der Waals surface area contributed by atoms with Crippen molar-refractivity contribution in [3.63, 3.8) is 0 Å². The molecule has 0 spiro atoms. The number of anilines is 2. The molecule has 166 valence electrons. The standard InChI is InChI=1S/C24H25N3O4S/c1-3-11-27-20-12-17(7-10-21(20)31-14-23(27)29)19-15-32-24(25-19)26-22(28)13-30-18-8-5-16(4-2)6-9-18/h5-10,12,15H,3-4,11,13-14H2,1-2H3,(H,25,26,28). The molecule has 1 aliphatic rings. The third kappa shape index (κ3) is 4.91. The van der Waals surface area contributed by atoms with E-state index in [1.54, 1.807) is 4.90 Å². The minimum atomic E-state index is -0.274. The normalized spacial score (nSPS) is 12.8. The van der Waals surface area contributed by atoms with Gasteiger partial charge in [-0.05, 0) is 48.7 Å². The smallest absolute Gasteiger partial charge is 0.265 e. The molecule has 0 saturated carbocycles. The molecule has 0 atom stereocenters. The molecule has 0 bridgehead atoms. The van der Waals surface area contributed by atoms with E-state index in [-0.39, 0.29) is 25.0 Å². The van der Waals surface area contributed by atoms with Crippen molar-refractivity contribution < 1.29 is 19.1 Å². The van der Waals surface area contributed by atoms with Gasteiger partial charge in [0.25, 0.3) is 11.8 Å². The first-order valence-corrected chi connectivity index (χ1v) is 11.5. The van der Waals surface area contributed by atoms with Crippen LogP contribution < -0.4 is 19.7 Å². The van der Waals surface area contributed by atoms with Crippen LogP contribution >= 0.6 is 11.3 Å². The fourth-order valence-electron chi connectivity index (χ4n) is 3.42. The lowest BCUT2D eigenvalue weighted by Crippen LogP contribution is -2.39. The van der Waals surface area contributed by atoms with Gasteiger partial charge in [0.1, 0.15) is 11.5 Å². The van der Waals surface area contributed by atoms with Crippen molar-refractivity contribution in [3.05, 3.63) is 53.4 Å². The van der Waals surface area contributed by atoms with E-state index in [4.69, 9.17) is 9.47 Å². The Hall–Kier alpha value is -3.39. The molecule has 0 fully saturated rings. The number of carbonyl (C=O) groups excluding carboxylic acids is 2. The molecule has 3 aromatic rings. The minimum absolute atomic E-state index is 0.0490. The SMILES string of the molecule is CCCN1C(=O)COc2ccc(-c3csc(NC(=O)COc4ccc(CC)cc4)n3)cc21. The Kier molecular flexibility index (Phi) is 6.70. The van der Waals surface area contributed by atoms with Crippen molar-refractivity contribution in [2.24, 2.45) is 0 Å². The molecular formula is C24H25N3O4S. The summed E-state index contributed by atoms with van der Waals surface area (Å²) in [6.45, 7) is 4.72. The number of hydrogen-bond acceptors (Lipinski definition) is 6. The van der Waals surface area contributed by atoms with E-state index in [1.807, 2.05) is 54.8 Å². The molecule has 8 heteroatoms. The zero-order valence-corrected chi connectivity index (χ0v) is 18.9. The molecule has 0 saturated heterocycles. The van der Waals surface area contributed by atoms with Crippen LogP contribution in [0.5, 0.6) is 11.5 Å². The van der Waals surface area contributed by atoms with Crippen LogP contribution in [0.25, 0.3) is 11.3 Å². The average molecular weight is 452 g/mol. The third-order valence-corrected chi connectivity index (χ3v) is 5.85. The molecule has 1 N–H and O–H groups in total. The lowest BCUT2D eigenvalue weighted by atomic mass is 10.1. The average Bonchev–Trinajstić information content (AvgIpc) is 3.28. The molecule has 0 aliphatic carbocycles. The molecule has 32 heavy (non-hydrogen) atoms. The van der Waals surface area contributed by atoms with Gasteiger partial charge >= 0.3 is 0 Å². The summed E-state index contributed by atoms with van der Waals surface area (Å²) >= 11 is 1.34. The summed E-state index contributed by atoms with van der Waals surface area (Å²) in [5.74, 6) is 1.02. The zero-order chi connectivity index (χ0) is 22.5. The van der Waals surface area contributed by atoms with E-state index in [0.717, 1.165) is 29.8 Å². The molecule has 0 unspecified atom stereocenters. The molecular weight excluding hydrogens is 426 g/mol. The number of thiazole rings is 1. The predicted molar refractivity (Wildman–Crippen MR) is 126 cm³/mol. The maximum atomic E-state index is 12.3. The van der Waals surface area contributed by atoms with E-state index >= 15 is 0 Å². The summed E-state index contributed by atoms with van der Waals surface area (Å²) in [7, 11) is 0. The van der Waals surface area contributed by atoms with Gasteiger partial charge in [0.15, 0.2) is 18.3 Å². The van der Waals surface area contributed by atoms with E-state index in [9.17, 15) is 9.59 Å². The van der Waals surface area contributed by atoms with Crippen LogP contribution in [0, 0.1) is 0 Å². The number of aryl methyl sites for hydroxylation is 1. The second-order valence-corrected chi connectivity index (χ2v) is 8.25. The summed E-state index contributed by atoms with van der Waals surface area (Å²) in [4.78, 5) is 30.8. The Labute approximate surface area is 191 Å². The highest BCUT2D eigenvalue weighted by Gasteiger charge is 2.25. The Morgan fingerprint density at radius 1 is 1.22 bits per heavy atom. The minimum Gasteiger partial charge on any atom is -0.484 e. The highest BCUT2D eigenvalue weighted by molar-refractivity contribution is 7.14. The fraction of sp³-hybridized carbons (Fsp3) is 0.292. The van der Waals surface area contributed by atoms with Gasteiger partial charge < -0.3 is 14.4 Å². The number of nitrogens with one attached hydrogen (secondary N) is 1. The number of rotatable bonds is 8. The molecule has 2 amide bonds. The predicted octanol–water partition coefficient (Wildman–Crippen LogP) is 4.53. The van der Waals surface area contributed by atoms with Gasteiger partial charge in [-0.1, -0.05) is 26.0 Å².